The predicted octanol–water partition coefficient (Wildman–Crippen LogP) is 2.40. The molecule has 1 aromatic carbocycles. The maximum Gasteiger partial charge on any atom is 0.144 e. The summed E-state index contributed by atoms with van der Waals surface area (Å²) < 4.78 is 12.7. The second-order valence-electron chi connectivity index (χ2n) is 4.55. The zero-order chi connectivity index (χ0) is 12.9. The van der Waals surface area contributed by atoms with E-state index in [9.17, 15) is 4.39 Å². The predicted molar refractivity (Wildman–Crippen MR) is 66.7 cm³/mol. The quantitative estimate of drug-likeness (QED) is 0.320. The fourth-order valence-electron chi connectivity index (χ4n) is 1.35. The minimum absolute atomic E-state index is 0.207. The van der Waals surface area contributed by atoms with E-state index in [1.54, 1.807) is 12.1 Å². The molecule has 4 N–H and O–H groups in total. The largest absolute Gasteiger partial charge is 0.409 e. The van der Waals surface area contributed by atoms with Crippen molar-refractivity contribution in [2.24, 2.45) is 16.3 Å². The summed E-state index contributed by atoms with van der Waals surface area (Å²) in [7, 11) is 0. The summed E-state index contributed by atoms with van der Waals surface area (Å²) in [6.45, 7) is 4.46. The van der Waals surface area contributed by atoms with Crippen LogP contribution < -0.4 is 11.1 Å². The van der Waals surface area contributed by atoms with E-state index < -0.39 is 0 Å². The highest BCUT2D eigenvalue weighted by atomic mass is 19.1. The average molecular weight is 239 g/mol. The van der Waals surface area contributed by atoms with E-state index in [1.807, 2.05) is 13.8 Å². The highest BCUT2D eigenvalue weighted by molar-refractivity contribution is 5.85. The molecule has 0 aliphatic rings. The lowest BCUT2D eigenvalue weighted by Gasteiger charge is -2.23. The van der Waals surface area contributed by atoms with E-state index in [1.165, 1.54) is 12.1 Å². The van der Waals surface area contributed by atoms with Crippen molar-refractivity contribution in [2.75, 3.05) is 11.9 Å². The van der Waals surface area contributed by atoms with Crippen molar-refractivity contribution in [3.63, 3.8) is 0 Å². The molecule has 0 amide bonds. The molecule has 0 aliphatic carbocycles. The average Bonchev–Trinajstić information content (AvgIpc) is 2.30. The monoisotopic (exact) mass is 239 g/mol. The van der Waals surface area contributed by atoms with Gasteiger partial charge in [0.05, 0.1) is 0 Å². The van der Waals surface area contributed by atoms with Crippen LogP contribution in [0.5, 0.6) is 0 Å². The van der Waals surface area contributed by atoms with Gasteiger partial charge in [-0.05, 0) is 30.7 Å². The van der Waals surface area contributed by atoms with E-state index >= 15 is 0 Å². The molecule has 0 heterocycles. The molecule has 17 heavy (non-hydrogen) atoms. The van der Waals surface area contributed by atoms with Crippen molar-refractivity contribution < 1.29 is 9.60 Å². The number of nitrogens with one attached hydrogen (secondary N) is 1. The molecule has 0 aromatic heterocycles. The number of rotatable bonds is 5. The Balaban J connectivity index is 2.45. The van der Waals surface area contributed by atoms with E-state index in [-0.39, 0.29) is 17.1 Å². The number of hydrogen-bond donors (Lipinski definition) is 3. The van der Waals surface area contributed by atoms with E-state index in [4.69, 9.17) is 10.9 Å². The van der Waals surface area contributed by atoms with Gasteiger partial charge >= 0.3 is 0 Å². The third kappa shape index (κ3) is 3.94. The van der Waals surface area contributed by atoms with Gasteiger partial charge < -0.3 is 16.3 Å². The van der Waals surface area contributed by atoms with Gasteiger partial charge in [0.1, 0.15) is 11.7 Å². The topological polar surface area (TPSA) is 70.6 Å². The number of oxime groups is 1. The van der Waals surface area contributed by atoms with Gasteiger partial charge in [-0.15, -0.1) is 0 Å². The zero-order valence-electron chi connectivity index (χ0n) is 10.1. The molecule has 0 aliphatic heterocycles. The fraction of sp³-hybridized carbons (Fsp3) is 0.417. The zero-order valence-corrected chi connectivity index (χ0v) is 10.1. The number of hydrogen-bond acceptors (Lipinski definition) is 3. The Morgan fingerprint density at radius 1 is 1.41 bits per heavy atom. The summed E-state index contributed by atoms with van der Waals surface area (Å²) >= 11 is 0. The van der Waals surface area contributed by atoms with Crippen molar-refractivity contribution in [1.82, 2.24) is 0 Å². The third-order valence-corrected chi connectivity index (χ3v) is 2.72. The first-order chi connectivity index (χ1) is 7.95. The van der Waals surface area contributed by atoms with E-state index in [0.29, 0.717) is 13.0 Å². The summed E-state index contributed by atoms with van der Waals surface area (Å²) in [6, 6.07) is 6.14. The van der Waals surface area contributed by atoms with Crippen molar-refractivity contribution >= 4 is 11.5 Å². The molecule has 1 aromatic rings. The molecule has 0 fully saturated rings. The van der Waals surface area contributed by atoms with Gasteiger partial charge in [0.25, 0.3) is 0 Å². The second-order valence-corrected chi connectivity index (χ2v) is 4.55. The van der Waals surface area contributed by atoms with Gasteiger partial charge in [0.2, 0.25) is 0 Å². The molecule has 0 bridgehead atoms. The van der Waals surface area contributed by atoms with Crippen LogP contribution in [-0.2, 0) is 0 Å². The van der Waals surface area contributed by atoms with Crippen LogP contribution in [0.25, 0.3) is 0 Å². The Hall–Kier alpha value is -1.78. The number of amidine groups is 1. The number of nitrogens with two attached hydrogens (primary N) is 1. The van der Waals surface area contributed by atoms with Crippen LogP contribution in [-0.4, -0.2) is 17.6 Å². The van der Waals surface area contributed by atoms with Gasteiger partial charge in [-0.2, -0.15) is 0 Å². The molecule has 94 valence electrons. The van der Waals surface area contributed by atoms with Gasteiger partial charge in [0, 0.05) is 17.6 Å². The number of anilines is 1. The third-order valence-electron chi connectivity index (χ3n) is 2.72. The van der Waals surface area contributed by atoms with Gasteiger partial charge in [0.15, 0.2) is 0 Å². The first-order valence-corrected chi connectivity index (χ1v) is 5.43. The Labute approximate surface area is 100 Å². The van der Waals surface area contributed by atoms with E-state index in [2.05, 4.69) is 10.5 Å². The van der Waals surface area contributed by atoms with Crippen LogP contribution in [0.15, 0.2) is 29.4 Å². The van der Waals surface area contributed by atoms with Crippen LogP contribution in [0, 0.1) is 11.2 Å². The summed E-state index contributed by atoms with van der Waals surface area (Å²) in [4.78, 5) is 0. The van der Waals surface area contributed by atoms with Crippen LogP contribution in [0.1, 0.15) is 20.3 Å². The molecule has 0 unspecified atom stereocenters. The minimum Gasteiger partial charge on any atom is -0.409 e. The lowest BCUT2D eigenvalue weighted by atomic mass is 9.88. The van der Waals surface area contributed by atoms with Gasteiger partial charge in [-0.1, -0.05) is 19.0 Å². The normalized spacial score (nSPS) is 12.5. The summed E-state index contributed by atoms with van der Waals surface area (Å²) in [5, 5.41) is 14.8. The van der Waals surface area contributed by atoms with Crippen molar-refractivity contribution in [3.05, 3.63) is 30.1 Å². The first kappa shape index (κ1) is 13.3. The van der Waals surface area contributed by atoms with Gasteiger partial charge in [-0.3, -0.25) is 0 Å². The molecule has 4 nitrogen and oxygen atoms in total. The summed E-state index contributed by atoms with van der Waals surface area (Å²) in [5.74, 6) is -0.0501. The molecule has 0 radical (unpaired) electrons. The minimum atomic E-state index is -0.373. The van der Waals surface area contributed by atoms with Crippen molar-refractivity contribution in [3.8, 4) is 0 Å². The second kappa shape index (κ2) is 5.52. The first-order valence-electron chi connectivity index (χ1n) is 5.43. The summed E-state index contributed by atoms with van der Waals surface area (Å²) in [6.07, 6.45) is 0.709. The Morgan fingerprint density at radius 2 is 2.00 bits per heavy atom. The fourth-order valence-corrected chi connectivity index (χ4v) is 1.35. The molecular weight excluding hydrogens is 221 g/mol. The molecule has 0 spiro atoms. The van der Waals surface area contributed by atoms with Crippen LogP contribution >= 0.6 is 0 Å². The molecule has 0 saturated heterocycles. The molecular formula is C12H18FN3O. The molecule has 0 atom stereocenters. The summed E-state index contributed by atoms with van der Waals surface area (Å²) in [5.41, 5.74) is 6.05. The van der Waals surface area contributed by atoms with Crippen LogP contribution in [0.4, 0.5) is 10.1 Å². The standard InChI is InChI=1S/C12H18FN3O/c1-12(2,11(14)16-17)7-8-15-10-5-3-9(13)4-6-10/h3-6,15,17H,7-8H2,1-2H3,(H2,14,16). The van der Waals surface area contributed by atoms with Gasteiger partial charge in [-0.25, -0.2) is 4.39 Å². The van der Waals surface area contributed by atoms with Crippen LogP contribution in [0.3, 0.4) is 0 Å². The highest BCUT2D eigenvalue weighted by Gasteiger charge is 2.22. The Kier molecular flexibility index (Phi) is 4.31. The Morgan fingerprint density at radius 3 is 2.53 bits per heavy atom. The lowest BCUT2D eigenvalue weighted by molar-refractivity contribution is 0.306. The van der Waals surface area contributed by atoms with Crippen molar-refractivity contribution in [1.29, 1.82) is 0 Å². The molecule has 5 heteroatoms. The highest BCUT2D eigenvalue weighted by Crippen LogP contribution is 2.20. The maximum atomic E-state index is 12.7. The number of benzene rings is 1. The lowest BCUT2D eigenvalue weighted by Crippen LogP contribution is -2.33. The van der Waals surface area contributed by atoms with E-state index in [0.717, 1.165) is 5.69 Å². The SMILES string of the molecule is CC(C)(CCNc1ccc(F)cc1)C(N)=NO. The Bertz CT molecular complexity index is 387. The van der Waals surface area contributed by atoms with Crippen LogP contribution in [0.2, 0.25) is 0 Å². The maximum absolute atomic E-state index is 12.7. The van der Waals surface area contributed by atoms with Crippen molar-refractivity contribution in [2.45, 2.75) is 20.3 Å². The smallest absolute Gasteiger partial charge is 0.144 e. The molecule has 1 rings (SSSR count). The number of nitrogens with zero attached hydrogens (tertiary/aromatic N) is 1. The molecule has 0 saturated carbocycles. The number of halogens is 1.